The fourth-order valence-corrected chi connectivity index (χ4v) is 3.39. The van der Waals surface area contributed by atoms with Gasteiger partial charge in [-0.15, -0.1) is 0 Å². The minimum absolute atomic E-state index is 0.0378. The monoisotopic (exact) mass is 405 g/mol. The van der Waals surface area contributed by atoms with E-state index in [0.717, 1.165) is 32.2 Å². The van der Waals surface area contributed by atoms with E-state index in [0.29, 0.717) is 30.2 Å². The first-order valence-corrected chi connectivity index (χ1v) is 9.87. The second-order valence-electron chi connectivity index (χ2n) is 8.31. The van der Waals surface area contributed by atoms with Crippen molar-refractivity contribution in [2.24, 2.45) is 5.92 Å². The molecule has 1 aliphatic rings. The van der Waals surface area contributed by atoms with Crippen molar-refractivity contribution in [1.29, 1.82) is 0 Å². The van der Waals surface area contributed by atoms with Crippen LogP contribution in [0.4, 0.5) is 10.5 Å². The van der Waals surface area contributed by atoms with Gasteiger partial charge >= 0.3 is 12.2 Å². The number of non-ortho nitro benzene ring substituents is 1. The summed E-state index contributed by atoms with van der Waals surface area (Å²) in [4.78, 5) is 28.5. The summed E-state index contributed by atoms with van der Waals surface area (Å²) in [6, 6.07) is 4.25. The highest BCUT2D eigenvalue weighted by molar-refractivity contribution is 5.75. The highest BCUT2D eigenvalue weighted by Gasteiger charge is 2.27. The third kappa shape index (κ3) is 5.82. The lowest BCUT2D eigenvalue weighted by Gasteiger charge is -2.34. The minimum Gasteiger partial charge on any atom is -0.450 e. The molecule has 0 bridgehead atoms. The number of likely N-dealkylation sites (tertiary alicyclic amines) is 1. The maximum absolute atomic E-state index is 12.2. The highest BCUT2D eigenvalue weighted by atomic mass is 16.6. The van der Waals surface area contributed by atoms with E-state index in [1.54, 1.807) is 4.90 Å². The lowest BCUT2D eigenvalue weighted by molar-refractivity contribution is -0.384. The number of ether oxygens (including phenoxy) is 2. The van der Waals surface area contributed by atoms with Crippen LogP contribution in [0, 0.1) is 16.0 Å². The molecule has 1 aromatic heterocycles. The largest absolute Gasteiger partial charge is 0.450 e. The Morgan fingerprint density at radius 1 is 1.41 bits per heavy atom. The van der Waals surface area contributed by atoms with Crippen LogP contribution in [-0.2, 0) is 4.74 Å². The minimum atomic E-state index is -0.488. The number of amides is 1. The topological polar surface area (TPSA) is 108 Å². The third-order valence-corrected chi connectivity index (χ3v) is 4.72. The molecule has 0 aliphatic carbocycles. The van der Waals surface area contributed by atoms with Gasteiger partial charge in [0.2, 0.25) is 0 Å². The summed E-state index contributed by atoms with van der Waals surface area (Å²) in [5.74, 6) is 0.408. The van der Waals surface area contributed by atoms with Crippen molar-refractivity contribution in [2.75, 3.05) is 19.7 Å². The number of nitro groups is 1. The standard InChI is InChI=1S/C20H27N3O6/c1-20(2,3)29-19(24)22-10-4-6-14(13-22)7-5-11-27-18-21-16-12-15(23(25)26)8-9-17(16)28-18/h8-9,12,14H,4-7,10-11,13H2,1-3H3. The van der Waals surface area contributed by atoms with Crippen LogP contribution in [0.15, 0.2) is 22.6 Å². The molecule has 1 atom stereocenters. The van der Waals surface area contributed by atoms with Crippen LogP contribution in [0.5, 0.6) is 6.08 Å². The number of carbonyl (C=O) groups is 1. The van der Waals surface area contributed by atoms with E-state index in [2.05, 4.69) is 4.98 Å². The number of piperidine rings is 1. The molecule has 1 amide bonds. The summed E-state index contributed by atoms with van der Waals surface area (Å²) in [5, 5.41) is 10.8. The van der Waals surface area contributed by atoms with E-state index in [1.807, 2.05) is 20.8 Å². The summed E-state index contributed by atoms with van der Waals surface area (Å²) in [6.45, 7) is 7.46. The van der Waals surface area contributed by atoms with Gasteiger partial charge in [0.1, 0.15) is 11.1 Å². The van der Waals surface area contributed by atoms with Gasteiger partial charge in [0.05, 0.1) is 11.5 Å². The maximum atomic E-state index is 12.2. The molecule has 9 heteroatoms. The molecule has 2 aromatic rings. The number of benzene rings is 1. The molecular weight excluding hydrogens is 378 g/mol. The molecule has 0 saturated carbocycles. The zero-order valence-electron chi connectivity index (χ0n) is 17.1. The first-order chi connectivity index (χ1) is 13.7. The van der Waals surface area contributed by atoms with E-state index in [-0.39, 0.29) is 17.9 Å². The molecule has 29 heavy (non-hydrogen) atoms. The Kier molecular flexibility index (Phi) is 6.24. The molecule has 1 fully saturated rings. The van der Waals surface area contributed by atoms with Crippen molar-refractivity contribution >= 4 is 22.9 Å². The number of nitro benzene ring substituents is 1. The van der Waals surface area contributed by atoms with Crippen molar-refractivity contribution in [3.8, 4) is 6.08 Å². The van der Waals surface area contributed by atoms with E-state index < -0.39 is 10.5 Å². The summed E-state index contributed by atoms with van der Waals surface area (Å²) in [6.07, 6.45) is 3.62. The van der Waals surface area contributed by atoms with E-state index >= 15 is 0 Å². The number of carbonyl (C=O) groups excluding carboxylic acids is 1. The van der Waals surface area contributed by atoms with Crippen LogP contribution in [0.1, 0.15) is 46.5 Å². The van der Waals surface area contributed by atoms with Crippen LogP contribution in [-0.4, -0.2) is 46.2 Å². The van der Waals surface area contributed by atoms with Crippen LogP contribution >= 0.6 is 0 Å². The van der Waals surface area contributed by atoms with Gasteiger partial charge in [-0.05, 0) is 58.4 Å². The summed E-state index contributed by atoms with van der Waals surface area (Å²) in [7, 11) is 0. The molecule has 0 radical (unpaired) electrons. The number of hydrogen-bond donors (Lipinski definition) is 0. The Morgan fingerprint density at radius 3 is 2.93 bits per heavy atom. The molecule has 0 N–H and O–H groups in total. The Labute approximate surface area is 169 Å². The summed E-state index contributed by atoms with van der Waals surface area (Å²) in [5.41, 5.74) is 0.322. The first kappa shape index (κ1) is 20.9. The van der Waals surface area contributed by atoms with E-state index in [4.69, 9.17) is 13.9 Å². The predicted octanol–water partition coefficient (Wildman–Crippen LogP) is 4.54. The van der Waals surface area contributed by atoms with Crippen molar-refractivity contribution in [2.45, 2.75) is 52.1 Å². The Balaban J connectivity index is 1.45. The quantitative estimate of drug-likeness (QED) is 0.394. The number of aromatic nitrogens is 1. The Morgan fingerprint density at radius 2 is 2.21 bits per heavy atom. The Bertz CT molecular complexity index is 873. The Hall–Kier alpha value is -2.84. The molecule has 1 unspecified atom stereocenters. The van der Waals surface area contributed by atoms with Crippen molar-refractivity contribution in [1.82, 2.24) is 9.88 Å². The molecule has 158 valence electrons. The normalized spacial score (nSPS) is 17.3. The molecule has 3 rings (SSSR count). The smallest absolute Gasteiger partial charge is 0.410 e. The highest BCUT2D eigenvalue weighted by Crippen LogP contribution is 2.26. The number of rotatable bonds is 6. The fourth-order valence-electron chi connectivity index (χ4n) is 3.39. The zero-order chi connectivity index (χ0) is 21.0. The number of nitrogens with zero attached hydrogens (tertiary/aromatic N) is 3. The van der Waals surface area contributed by atoms with Gasteiger partial charge in [0.15, 0.2) is 5.58 Å². The molecular formula is C20H27N3O6. The van der Waals surface area contributed by atoms with Gasteiger partial charge in [-0.2, -0.15) is 4.98 Å². The van der Waals surface area contributed by atoms with E-state index in [1.165, 1.54) is 18.2 Å². The van der Waals surface area contributed by atoms with Gasteiger partial charge in [-0.25, -0.2) is 4.79 Å². The van der Waals surface area contributed by atoms with Gasteiger partial charge < -0.3 is 18.8 Å². The molecule has 1 aliphatic heterocycles. The van der Waals surface area contributed by atoms with Gasteiger partial charge in [0.25, 0.3) is 5.69 Å². The zero-order valence-corrected chi connectivity index (χ0v) is 17.1. The number of oxazole rings is 1. The van der Waals surface area contributed by atoms with Crippen molar-refractivity contribution < 1.29 is 23.6 Å². The molecule has 9 nitrogen and oxygen atoms in total. The molecule has 1 aromatic carbocycles. The first-order valence-electron chi connectivity index (χ1n) is 9.87. The van der Waals surface area contributed by atoms with Crippen LogP contribution in [0.25, 0.3) is 11.1 Å². The average molecular weight is 405 g/mol. The molecule has 0 spiro atoms. The maximum Gasteiger partial charge on any atom is 0.410 e. The van der Waals surface area contributed by atoms with Crippen molar-refractivity contribution in [3.63, 3.8) is 0 Å². The van der Waals surface area contributed by atoms with Crippen molar-refractivity contribution in [3.05, 3.63) is 28.3 Å². The van der Waals surface area contributed by atoms with Crippen LogP contribution in [0.2, 0.25) is 0 Å². The van der Waals surface area contributed by atoms with Crippen LogP contribution < -0.4 is 4.74 Å². The van der Waals surface area contributed by atoms with Gasteiger partial charge in [-0.1, -0.05) is 0 Å². The third-order valence-electron chi connectivity index (χ3n) is 4.72. The fraction of sp³-hybridized carbons (Fsp3) is 0.600. The lowest BCUT2D eigenvalue weighted by Crippen LogP contribution is -2.42. The second kappa shape index (κ2) is 8.67. The summed E-state index contributed by atoms with van der Waals surface area (Å²) >= 11 is 0. The average Bonchev–Trinajstić information content (AvgIpc) is 3.06. The van der Waals surface area contributed by atoms with Gasteiger partial charge in [-0.3, -0.25) is 10.1 Å². The van der Waals surface area contributed by atoms with Crippen LogP contribution in [0.3, 0.4) is 0 Å². The number of hydrogen-bond acceptors (Lipinski definition) is 7. The number of fused-ring (bicyclic) bond motifs is 1. The molecule has 2 heterocycles. The predicted molar refractivity (Wildman–Crippen MR) is 106 cm³/mol. The van der Waals surface area contributed by atoms with Gasteiger partial charge in [0, 0.05) is 25.2 Å². The van der Waals surface area contributed by atoms with E-state index in [9.17, 15) is 14.9 Å². The SMILES string of the molecule is CC(C)(C)OC(=O)N1CCCC(CCCOc2nc3cc([N+](=O)[O-])ccc3o2)C1. The lowest BCUT2D eigenvalue weighted by atomic mass is 9.94. The molecule has 1 saturated heterocycles. The summed E-state index contributed by atoms with van der Waals surface area (Å²) < 4.78 is 16.5. The second-order valence-corrected chi connectivity index (χ2v) is 8.31.